The first-order valence-electron chi connectivity index (χ1n) is 15.0. The van der Waals surface area contributed by atoms with Crippen LogP contribution in [0.2, 0.25) is 0 Å². The minimum absolute atomic E-state index is 0.0254. The standard InChI is InChI=1S/C32H26F3NO3.2C2H6/c1-2-39-31(38)23-14-22-13-21(18-7-10-24(11-8-18)32(33,34)35)9-12-26(22)27(15-23)19-3-5-20(6-4-19)28-16-25-17-29(28)30(37)36-25;2*1-2/h3-15,25,28-29H,2,16-17H2,1H3,(H,36,37);2*1-2H3. The summed E-state index contributed by atoms with van der Waals surface area (Å²) in [5, 5.41) is 4.72. The topological polar surface area (TPSA) is 55.4 Å². The molecule has 4 nitrogen and oxygen atoms in total. The van der Waals surface area contributed by atoms with Crippen molar-refractivity contribution in [1.29, 1.82) is 0 Å². The van der Waals surface area contributed by atoms with E-state index in [1.54, 1.807) is 13.0 Å². The van der Waals surface area contributed by atoms with E-state index in [2.05, 4.69) is 17.4 Å². The molecule has 3 atom stereocenters. The number of ether oxygens (including phenoxy) is 1. The van der Waals surface area contributed by atoms with Gasteiger partial charge in [0.15, 0.2) is 0 Å². The fourth-order valence-corrected chi connectivity index (χ4v) is 6.00. The summed E-state index contributed by atoms with van der Waals surface area (Å²) in [5.41, 5.74) is 4.00. The van der Waals surface area contributed by atoms with Crippen molar-refractivity contribution in [3.8, 4) is 22.3 Å². The summed E-state index contributed by atoms with van der Waals surface area (Å²) in [7, 11) is 0. The van der Waals surface area contributed by atoms with Crippen LogP contribution in [0, 0.1) is 5.92 Å². The van der Waals surface area contributed by atoms with Gasteiger partial charge in [-0.15, -0.1) is 0 Å². The molecule has 7 heteroatoms. The number of carbonyl (C=O) groups excluding carboxylic acids is 2. The largest absolute Gasteiger partial charge is 0.462 e. The number of amides is 1. The number of benzene rings is 4. The first-order valence-corrected chi connectivity index (χ1v) is 15.0. The second-order valence-corrected chi connectivity index (χ2v) is 10.3. The number of rotatable bonds is 5. The smallest absolute Gasteiger partial charge is 0.416 e. The Balaban J connectivity index is 0.00000102. The Hall–Kier alpha value is -4.13. The molecule has 3 unspecified atom stereocenters. The maximum atomic E-state index is 13.0. The molecule has 43 heavy (non-hydrogen) atoms. The van der Waals surface area contributed by atoms with E-state index in [4.69, 9.17) is 4.74 Å². The van der Waals surface area contributed by atoms with Crippen molar-refractivity contribution >= 4 is 22.6 Å². The van der Waals surface area contributed by atoms with Crippen molar-refractivity contribution in [2.24, 2.45) is 5.92 Å². The van der Waals surface area contributed by atoms with Crippen molar-refractivity contribution in [3.05, 3.63) is 95.6 Å². The highest BCUT2D eigenvalue weighted by Crippen LogP contribution is 2.44. The molecule has 0 spiro atoms. The predicted octanol–water partition coefficient (Wildman–Crippen LogP) is 9.41. The van der Waals surface area contributed by atoms with Gasteiger partial charge in [0.1, 0.15) is 0 Å². The normalized spacial score (nSPS) is 18.7. The van der Waals surface area contributed by atoms with Gasteiger partial charge in [-0.05, 0) is 94.6 Å². The third-order valence-corrected chi connectivity index (χ3v) is 7.90. The van der Waals surface area contributed by atoms with Gasteiger partial charge in [-0.25, -0.2) is 4.79 Å². The molecular formula is C36H38F3NO3. The van der Waals surface area contributed by atoms with E-state index in [0.29, 0.717) is 11.1 Å². The van der Waals surface area contributed by atoms with Gasteiger partial charge in [0.05, 0.1) is 17.7 Å². The van der Waals surface area contributed by atoms with Gasteiger partial charge in [-0.2, -0.15) is 13.2 Å². The maximum Gasteiger partial charge on any atom is 0.416 e. The van der Waals surface area contributed by atoms with E-state index < -0.39 is 17.7 Å². The number of hydrogen-bond acceptors (Lipinski definition) is 3. The molecule has 226 valence electrons. The zero-order valence-corrected chi connectivity index (χ0v) is 25.2. The van der Waals surface area contributed by atoms with E-state index in [9.17, 15) is 22.8 Å². The molecule has 4 aromatic rings. The van der Waals surface area contributed by atoms with Crippen molar-refractivity contribution < 1.29 is 27.5 Å². The molecule has 4 aromatic carbocycles. The molecule has 1 aliphatic carbocycles. The Kier molecular flexibility index (Phi) is 9.95. The highest BCUT2D eigenvalue weighted by molar-refractivity contribution is 6.04. The van der Waals surface area contributed by atoms with E-state index >= 15 is 0 Å². The van der Waals surface area contributed by atoms with Crippen LogP contribution in [0.5, 0.6) is 0 Å². The number of alkyl halides is 3. The van der Waals surface area contributed by atoms with Crippen LogP contribution in [-0.4, -0.2) is 24.5 Å². The summed E-state index contributed by atoms with van der Waals surface area (Å²) in [5.74, 6) is -0.0633. The van der Waals surface area contributed by atoms with Crippen LogP contribution in [-0.2, 0) is 15.7 Å². The molecule has 1 N–H and O–H groups in total. The SMILES string of the molecule is CC.CC.CCOC(=O)c1cc(-c2ccc(C3CC4CC3C(=O)N4)cc2)c2ccc(-c3ccc(C(F)(F)F)cc3)cc2c1. The van der Waals surface area contributed by atoms with Crippen LogP contribution in [0.1, 0.15) is 74.9 Å². The van der Waals surface area contributed by atoms with Crippen LogP contribution in [0.25, 0.3) is 33.0 Å². The Morgan fingerprint density at radius 2 is 1.42 bits per heavy atom. The van der Waals surface area contributed by atoms with Crippen LogP contribution in [0.15, 0.2) is 78.9 Å². The van der Waals surface area contributed by atoms with Gasteiger partial charge in [-0.1, -0.05) is 76.2 Å². The number of fused-ring (bicyclic) bond motifs is 3. The molecule has 6 rings (SSSR count). The number of carbonyl (C=O) groups is 2. The average molecular weight is 590 g/mol. The Morgan fingerprint density at radius 1 is 0.814 bits per heavy atom. The van der Waals surface area contributed by atoms with Crippen LogP contribution < -0.4 is 5.32 Å². The van der Waals surface area contributed by atoms with Crippen LogP contribution in [0.3, 0.4) is 0 Å². The highest BCUT2D eigenvalue weighted by Gasteiger charge is 2.45. The summed E-state index contributed by atoms with van der Waals surface area (Å²) in [6.07, 6.45) is -2.56. The van der Waals surface area contributed by atoms with Gasteiger partial charge in [-0.3, -0.25) is 4.79 Å². The summed E-state index contributed by atoms with van der Waals surface area (Å²) in [4.78, 5) is 24.9. The van der Waals surface area contributed by atoms with Gasteiger partial charge in [0.2, 0.25) is 5.91 Å². The lowest BCUT2D eigenvalue weighted by atomic mass is 9.86. The van der Waals surface area contributed by atoms with E-state index in [1.165, 1.54) is 12.1 Å². The second kappa shape index (κ2) is 13.4. The number of piperidine rings is 1. The molecule has 1 amide bonds. The van der Waals surface area contributed by atoms with E-state index in [1.807, 2.05) is 64.1 Å². The number of hydrogen-bond donors (Lipinski definition) is 1. The number of halogens is 3. The van der Waals surface area contributed by atoms with Gasteiger partial charge in [0, 0.05) is 12.0 Å². The average Bonchev–Trinajstić information content (AvgIpc) is 3.62. The number of nitrogens with one attached hydrogen (secondary N) is 1. The van der Waals surface area contributed by atoms with Crippen molar-refractivity contribution in [1.82, 2.24) is 5.32 Å². The lowest BCUT2D eigenvalue weighted by Crippen LogP contribution is -2.34. The summed E-state index contributed by atoms with van der Waals surface area (Å²) in [6, 6.07) is 22.7. The fraction of sp³-hybridized carbons (Fsp3) is 0.333. The van der Waals surface area contributed by atoms with Crippen molar-refractivity contribution in [2.45, 2.75) is 65.6 Å². The third kappa shape index (κ3) is 6.61. The third-order valence-electron chi connectivity index (χ3n) is 7.90. The molecule has 1 heterocycles. The Morgan fingerprint density at radius 3 is 2.00 bits per heavy atom. The Bertz CT molecular complexity index is 1580. The quantitative estimate of drug-likeness (QED) is 0.236. The van der Waals surface area contributed by atoms with E-state index in [-0.39, 0.29) is 30.4 Å². The molecule has 0 aromatic heterocycles. The van der Waals surface area contributed by atoms with Crippen molar-refractivity contribution in [3.63, 3.8) is 0 Å². The lowest BCUT2D eigenvalue weighted by molar-refractivity contribution is -0.137. The summed E-state index contributed by atoms with van der Waals surface area (Å²) < 4.78 is 44.3. The molecule has 1 saturated carbocycles. The zero-order chi connectivity index (χ0) is 31.3. The second-order valence-electron chi connectivity index (χ2n) is 10.3. The fourth-order valence-electron chi connectivity index (χ4n) is 6.00. The monoisotopic (exact) mass is 589 g/mol. The maximum absolute atomic E-state index is 13.0. The minimum Gasteiger partial charge on any atom is -0.462 e. The predicted molar refractivity (Wildman–Crippen MR) is 166 cm³/mol. The first-order chi connectivity index (χ1) is 20.7. The zero-order valence-electron chi connectivity index (χ0n) is 25.2. The molecule has 1 saturated heterocycles. The van der Waals surface area contributed by atoms with Gasteiger partial charge >= 0.3 is 12.1 Å². The first kappa shape index (κ1) is 31.8. The summed E-state index contributed by atoms with van der Waals surface area (Å²) in [6.45, 7) is 9.99. The molecule has 1 aliphatic heterocycles. The lowest BCUT2D eigenvalue weighted by Gasteiger charge is -2.22. The molecule has 2 bridgehead atoms. The Labute approximate surface area is 251 Å². The van der Waals surface area contributed by atoms with Crippen LogP contribution in [0.4, 0.5) is 13.2 Å². The highest BCUT2D eigenvalue weighted by atomic mass is 19.4. The summed E-state index contributed by atoms with van der Waals surface area (Å²) >= 11 is 0. The van der Waals surface area contributed by atoms with Crippen LogP contribution >= 0.6 is 0 Å². The van der Waals surface area contributed by atoms with E-state index in [0.717, 1.165) is 58.0 Å². The molecule has 2 fully saturated rings. The van der Waals surface area contributed by atoms with Gasteiger partial charge in [0.25, 0.3) is 0 Å². The molecular weight excluding hydrogens is 551 g/mol. The minimum atomic E-state index is -4.40. The van der Waals surface area contributed by atoms with Gasteiger partial charge < -0.3 is 10.1 Å². The van der Waals surface area contributed by atoms with Crippen molar-refractivity contribution in [2.75, 3.05) is 6.61 Å². The number of esters is 1. The molecule has 2 aliphatic rings. The molecule has 0 radical (unpaired) electrons.